The Labute approximate surface area is 112 Å². The lowest BCUT2D eigenvalue weighted by molar-refractivity contribution is 0.639. The predicted molar refractivity (Wildman–Crippen MR) is 77.0 cm³/mol. The van der Waals surface area contributed by atoms with Gasteiger partial charge < -0.3 is 5.32 Å². The molecule has 0 saturated carbocycles. The van der Waals surface area contributed by atoms with E-state index in [0.717, 1.165) is 19.5 Å². The normalized spacial score (nSPS) is 14.8. The van der Waals surface area contributed by atoms with E-state index in [1.54, 1.807) is 0 Å². The summed E-state index contributed by atoms with van der Waals surface area (Å²) < 4.78 is 0. The Morgan fingerprint density at radius 2 is 2.00 bits per heavy atom. The van der Waals surface area contributed by atoms with Gasteiger partial charge in [0.2, 0.25) is 0 Å². The first-order valence-corrected chi connectivity index (χ1v) is 7.35. The summed E-state index contributed by atoms with van der Waals surface area (Å²) in [5, 5.41) is 4.54. The Hall–Kier alpha value is -1.19. The third kappa shape index (κ3) is 2.20. The van der Waals surface area contributed by atoms with E-state index < -0.39 is 0 Å². The summed E-state index contributed by atoms with van der Waals surface area (Å²) in [5.74, 6) is 0.591. The molecule has 3 rings (SSSR count). The predicted octanol–water partition coefficient (Wildman–Crippen LogP) is 3.58. The molecule has 0 saturated heterocycles. The smallest absolute Gasteiger partial charge is 0.123 e. The summed E-state index contributed by atoms with van der Waals surface area (Å²) in [5.41, 5.74) is 3.88. The van der Waals surface area contributed by atoms with E-state index in [1.807, 2.05) is 11.3 Å². The summed E-state index contributed by atoms with van der Waals surface area (Å²) >= 11 is 1.85. The second-order valence-electron chi connectivity index (χ2n) is 5.09. The molecule has 2 aromatic rings. The lowest BCUT2D eigenvalue weighted by atomic mass is 10.0. The average Bonchev–Trinajstić information content (AvgIpc) is 2.82. The van der Waals surface area contributed by atoms with Gasteiger partial charge in [0.25, 0.3) is 0 Å². The van der Waals surface area contributed by atoms with Crippen molar-refractivity contribution >= 4 is 11.3 Å². The van der Waals surface area contributed by atoms with Gasteiger partial charge in [0, 0.05) is 23.5 Å². The molecule has 0 aliphatic carbocycles. The molecule has 1 N–H and O–H groups in total. The van der Waals surface area contributed by atoms with E-state index in [-0.39, 0.29) is 0 Å². The van der Waals surface area contributed by atoms with Gasteiger partial charge in [-0.2, -0.15) is 0 Å². The van der Waals surface area contributed by atoms with Crippen molar-refractivity contribution in [2.24, 2.45) is 0 Å². The fourth-order valence-electron chi connectivity index (χ4n) is 2.26. The van der Waals surface area contributed by atoms with Gasteiger partial charge >= 0.3 is 0 Å². The molecule has 1 aliphatic heterocycles. The van der Waals surface area contributed by atoms with Crippen LogP contribution in [-0.2, 0) is 13.0 Å². The third-order valence-corrected chi connectivity index (χ3v) is 4.63. The summed E-state index contributed by atoms with van der Waals surface area (Å²) in [6.45, 7) is 6.46. The van der Waals surface area contributed by atoms with Crippen LogP contribution < -0.4 is 5.32 Å². The molecule has 1 aliphatic rings. The molecule has 94 valence electrons. The van der Waals surface area contributed by atoms with E-state index in [2.05, 4.69) is 43.4 Å². The fourth-order valence-corrected chi connectivity index (χ4v) is 3.34. The van der Waals surface area contributed by atoms with Crippen LogP contribution in [0, 0.1) is 0 Å². The minimum absolute atomic E-state index is 0.591. The number of aromatic nitrogens is 1. The standard InChI is InChI=1S/C15H18N2S/c1-10(2)11-3-5-12(6-4-11)15-17-13-9-16-8-7-14(13)18-15/h3-6,10,16H,7-9H2,1-2H3. The number of fused-ring (bicyclic) bond motifs is 1. The number of rotatable bonds is 2. The van der Waals surface area contributed by atoms with Gasteiger partial charge in [0.1, 0.15) is 5.01 Å². The molecule has 0 radical (unpaired) electrons. The molecular weight excluding hydrogens is 240 g/mol. The molecule has 2 heterocycles. The topological polar surface area (TPSA) is 24.9 Å². The van der Waals surface area contributed by atoms with E-state index in [9.17, 15) is 0 Å². The van der Waals surface area contributed by atoms with Crippen LogP contribution in [0.15, 0.2) is 24.3 Å². The highest BCUT2D eigenvalue weighted by Crippen LogP contribution is 2.30. The van der Waals surface area contributed by atoms with E-state index in [1.165, 1.54) is 26.7 Å². The molecule has 18 heavy (non-hydrogen) atoms. The molecule has 1 aromatic heterocycles. The van der Waals surface area contributed by atoms with Crippen LogP contribution in [-0.4, -0.2) is 11.5 Å². The number of nitrogens with one attached hydrogen (secondary N) is 1. The first-order valence-electron chi connectivity index (χ1n) is 6.53. The van der Waals surface area contributed by atoms with Crippen LogP contribution in [0.5, 0.6) is 0 Å². The molecule has 0 bridgehead atoms. The highest BCUT2D eigenvalue weighted by atomic mass is 32.1. The fraction of sp³-hybridized carbons (Fsp3) is 0.400. The van der Waals surface area contributed by atoms with Crippen molar-refractivity contribution in [3.05, 3.63) is 40.4 Å². The minimum Gasteiger partial charge on any atom is -0.311 e. The van der Waals surface area contributed by atoms with E-state index in [4.69, 9.17) is 4.98 Å². The van der Waals surface area contributed by atoms with Crippen LogP contribution in [0.4, 0.5) is 0 Å². The van der Waals surface area contributed by atoms with Crippen molar-refractivity contribution in [1.82, 2.24) is 10.3 Å². The van der Waals surface area contributed by atoms with Gasteiger partial charge in [-0.05, 0) is 17.9 Å². The Kier molecular flexibility index (Phi) is 3.18. The van der Waals surface area contributed by atoms with Crippen LogP contribution >= 0.6 is 11.3 Å². The Bertz CT molecular complexity index is 517. The van der Waals surface area contributed by atoms with Crippen molar-refractivity contribution in [2.45, 2.75) is 32.7 Å². The molecule has 2 nitrogen and oxygen atoms in total. The number of nitrogens with zero attached hydrogens (tertiary/aromatic N) is 1. The van der Waals surface area contributed by atoms with Crippen LogP contribution in [0.1, 0.15) is 35.9 Å². The number of hydrogen-bond donors (Lipinski definition) is 1. The van der Waals surface area contributed by atoms with Gasteiger partial charge in [-0.25, -0.2) is 4.98 Å². The molecular formula is C15H18N2S. The van der Waals surface area contributed by atoms with Gasteiger partial charge in [-0.3, -0.25) is 0 Å². The number of thiazole rings is 1. The van der Waals surface area contributed by atoms with Gasteiger partial charge in [-0.15, -0.1) is 11.3 Å². The molecule has 1 aromatic carbocycles. The van der Waals surface area contributed by atoms with E-state index in [0.29, 0.717) is 5.92 Å². The van der Waals surface area contributed by atoms with Gasteiger partial charge in [0.15, 0.2) is 0 Å². The van der Waals surface area contributed by atoms with Gasteiger partial charge in [-0.1, -0.05) is 38.1 Å². The lowest BCUT2D eigenvalue weighted by Gasteiger charge is -2.09. The second kappa shape index (κ2) is 4.82. The van der Waals surface area contributed by atoms with Crippen LogP contribution in [0.2, 0.25) is 0 Å². The monoisotopic (exact) mass is 258 g/mol. The second-order valence-corrected chi connectivity index (χ2v) is 6.18. The van der Waals surface area contributed by atoms with Crippen LogP contribution in [0.3, 0.4) is 0 Å². The summed E-state index contributed by atoms with van der Waals surface area (Å²) in [6.07, 6.45) is 1.12. The molecule has 0 unspecified atom stereocenters. The largest absolute Gasteiger partial charge is 0.311 e. The van der Waals surface area contributed by atoms with E-state index >= 15 is 0 Å². The molecule has 0 fully saturated rings. The number of benzene rings is 1. The first kappa shape index (κ1) is 11.9. The van der Waals surface area contributed by atoms with Crippen molar-refractivity contribution < 1.29 is 0 Å². The summed E-state index contributed by atoms with van der Waals surface area (Å²) in [7, 11) is 0. The van der Waals surface area contributed by atoms with Crippen molar-refractivity contribution in [2.75, 3.05) is 6.54 Å². The number of hydrogen-bond acceptors (Lipinski definition) is 3. The summed E-state index contributed by atoms with van der Waals surface area (Å²) in [4.78, 5) is 6.21. The Morgan fingerprint density at radius 1 is 1.22 bits per heavy atom. The minimum atomic E-state index is 0.591. The zero-order valence-corrected chi connectivity index (χ0v) is 11.7. The SMILES string of the molecule is CC(C)c1ccc(-c2nc3c(s2)CCNC3)cc1. The Morgan fingerprint density at radius 3 is 2.67 bits per heavy atom. The van der Waals surface area contributed by atoms with Crippen LogP contribution in [0.25, 0.3) is 10.6 Å². The lowest BCUT2D eigenvalue weighted by Crippen LogP contribution is -2.22. The van der Waals surface area contributed by atoms with Gasteiger partial charge in [0.05, 0.1) is 5.69 Å². The maximum absolute atomic E-state index is 4.75. The first-order chi connectivity index (χ1) is 8.74. The van der Waals surface area contributed by atoms with Crippen molar-refractivity contribution in [3.63, 3.8) is 0 Å². The summed E-state index contributed by atoms with van der Waals surface area (Å²) in [6, 6.07) is 8.84. The zero-order chi connectivity index (χ0) is 12.5. The zero-order valence-electron chi connectivity index (χ0n) is 10.9. The highest BCUT2D eigenvalue weighted by molar-refractivity contribution is 7.15. The van der Waals surface area contributed by atoms with Crippen molar-refractivity contribution in [3.8, 4) is 10.6 Å². The highest BCUT2D eigenvalue weighted by Gasteiger charge is 2.15. The average molecular weight is 258 g/mol. The molecule has 0 spiro atoms. The molecule has 0 atom stereocenters. The Balaban J connectivity index is 1.92. The van der Waals surface area contributed by atoms with Crippen molar-refractivity contribution in [1.29, 1.82) is 0 Å². The molecule has 3 heteroatoms. The maximum atomic E-state index is 4.75. The third-order valence-electron chi connectivity index (χ3n) is 3.42. The maximum Gasteiger partial charge on any atom is 0.123 e. The molecule has 0 amide bonds. The quantitative estimate of drug-likeness (QED) is 0.890.